The first-order valence-electron chi connectivity index (χ1n) is 6.71. The molecule has 0 aliphatic heterocycles. The van der Waals surface area contributed by atoms with Gasteiger partial charge in [-0.1, -0.05) is 0 Å². The summed E-state index contributed by atoms with van der Waals surface area (Å²) in [6.07, 6.45) is 4.78. The number of aromatic nitrogens is 2. The van der Waals surface area contributed by atoms with Crippen molar-refractivity contribution in [1.29, 1.82) is 0 Å². The quantitative estimate of drug-likeness (QED) is 0.456. The monoisotopic (exact) mass is 300 g/mol. The van der Waals surface area contributed by atoms with Crippen molar-refractivity contribution in [2.75, 3.05) is 13.1 Å². The first kappa shape index (κ1) is 15.6. The Balaban J connectivity index is 1.82. The third-order valence-corrected chi connectivity index (χ3v) is 2.79. The molecule has 0 saturated heterocycles. The van der Waals surface area contributed by atoms with Gasteiger partial charge in [0.2, 0.25) is 11.4 Å². The van der Waals surface area contributed by atoms with Crippen molar-refractivity contribution in [3.8, 4) is 0 Å². The van der Waals surface area contributed by atoms with Gasteiger partial charge in [-0.25, -0.2) is 0 Å². The van der Waals surface area contributed by atoms with Crippen molar-refractivity contribution in [1.82, 2.24) is 0 Å². The third kappa shape index (κ3) is 4.64. The molecule has 0 aliphatic carbocycles. The van der Waals surface area contributed by atoms with Gasteiger partial charge < -0.3 is 15.5 Å². The lowest BCUT2D eigenvalue weighted by atomic mass is 10.3. The molecule has 2 aromatic rings. The molecule has 0 amide bonds. The molecule has 2 rings (SSSR count). The van der Waals surface area contributed by atoms with Gasteiger partial charge in [-0.15, -0.1) is 0 Å². The molecule has 0 aliphatic rings. The molecule has 0 bridgehead atoms. The summed E-state index contributed by atoms with van der Waals surface area (Å²) in [7, 11) is 0. The summed E-state index contributed by atoms with van der Waals surface area (Å²) in [6.45, 7) is 0.247. The van der Waals surface area contributed by atoms with E-state index in [9.17, 15) is 15.5 Å². The summed E-state index contributed by atoms with van der Waals surface area (Å²) in [5, 5.41) is 32.5. The smallest absolute Gasteiger partial charge is 0.234 e. The second kappa shape index (κ2) is 7.84. The minimum absolute atomic E-state index is 0.123. The van der Waals surface area contributed by atoms with Crippen LogP contribution >= 0.6 is 0 Å². The Bertz CT molecular complexity index is 616. The molecule has 0 radical (unpaired) electrons. The first-order valence-corrected chi connectivity index (χ1v) is 6.71. The average Bonchev–Trinajstić information content (AvgIpc) is 2.51. The maximum Gasteiger partial charge on any atom is 0.234 e. The molecule has 0 atom stereocenters. The summed E-state index contributed by atoms with van der Waals surface area (Å²) in [5.41, 5.74) is 0.796. The van der Waals surface area contributed by atoms with Crippen LogP contribution in [0.1, 0.15) is 11.4 Å². The lowest BCUT2D eigenvalue weighted by molar-refractivity contribution is -0.606. The predicted molar refractivity (Wildman–Crippen MR) is 81.7 cm³/mol. The van der Waals surface area contributed by atoms with E-state index in [4.69, 9.17) is 0 Å². The number of aliphatic hydroxyl groups is 1. The van der Waals surface area contributed by atoms with Crippen molar-refractivity contribution in [2.45, 2.75) is 6.10 Å². The number of hydrogen-bond acceptors (Lipinski definition) is 5. The van der Waals surface area contributed by atoms with Crippen molar-refractivity contribution < 1.29 is 14.6 Å². The molecule has 1 N–H and O–H groups in total. The molecule has 2 aromatic heterocycles. The Morgan fingerprint density at radius 3 is 1.77 bits per heavy atom. The van der Waals surface area contributed by atoms with E-state index in [-0.39, 0.29) is 13.1 Å². The van der Waals surface area contributed by atoms with Crippen LogP contribution in [0.3, 0.4) is 0 Å². The molecule has 7 nitrogen and oxygen atoms in total. The predicted octanol–water partition coefficient (Wildman–Crippen LogP) is -0.148. The highest BCUT2D eigenvalue weighted by molar-refractivity contribution is 5.75. The highest BCUT2D eigenvalue weighted by atomic mass is 16.5. The highest BCUT2D eigenvalue weighted by Crippen LogP contribution is 1.91. The molecule has 0 saturated carbocycles. The van der Waals surface area contributed by atoms with Crippen LogP contribution in [0.15, 0.2) is 58.8 Å². The molecule has 22 heavy (non-hydrogen) atoms. The normalized spacial score (nSPS) is 13.0. The SMILES string of the molecule is [O-][n+]1ccccc1C=NCC(O)CN=Cc1cccc[n+]1[O-]. The number of rotatable bonds is 6. The highest BCUT2D eigenvalue weighted by Gasteiger charge is 2.03. The number of nitrogens with zero attached hydrogens (tertiary/aromatic N) is 4. The maximum absolute atomic E-state index is 11.4. The van der Waals surface area contributed by atoms with Crippen LogP contribution in [0.4, 0.5) is 0 Å². The lowest BCUT2D eigenvalue weighted by Crippen LogP contribution is -2.31. The second-order valence-corrected chi connectivity index (χ2v) is 4.54. The largest absolute Gasteiger partial charge is 0.618 e. The van der Waals surface area contributed by atoms with E-state index in [2.05, 4.69) is 9.98 Å². The minimum atomic E-state index is -0.778. The summed E-state index contributed by atoms with van der Waals surface area (Å²) < 4.78 is 1.38. The van der Waals surface area contributed by atoms with Gasteiger partial charge in [0.1, 0.15) is 0 Å². The van der Waals surface area contributed by atoms with Gasteiger partial charge in [0.25, 0.3) is 0 Å². The maximum atomic E-state index is 11.4. The number of hydrogen-bond donors (Lipinski definition) is 1. The standard InChI is InChI=1S/C15H16N4O3/c20-15(11-16-9-13-5-1-3-7-18(13)21)12-17-10-14-6-2-4-8-19(14)22/h1-10,15,20H,11-12H2. The van der Waals surface area contributed by atoms with Crippen LogP contribution < -0.4 is 9.46 Å². The molecule has 7 heteroatoms. The van der Waals surface area contributed by atoms with Crippen molar-refractivity contribution >= 4 is 12.4 Å². The number of pyridine rings is 2. The van der Waals surface area contributed by atoms with Crippen LogP contribution in [0, 0.1) is 10.4 Å². The Morgan fingerprint density at radius 1 is 0.909 bits per heavy atom. The van der Waals surface area contributed by atoms with E-state index in [1.54, 1.807) is 36.4 Å². The fourth-order valence-electron chi connectivity index (χ4n) is 1.68. The van der Waals surface area contributed by atoms with Gasteiger partial charge in [-0.3, -0.25) is 9.98 Å². The van der Waals surface area contributed by atoms with Gasteiger partial charge in [0.05, 0.1) is 31.6 Å². The van der Waals surface area contributed by atoms with Gasteiger partial charge in [-0.2, -0.15) is 9.46 Å². The number of aliphatic imine (C=N–C) groups is 2. The van der Waals surface area contributed by atoms with E-state index in [1.807, 2.05) is 0 Å². The van der Waals surface area contributed by atoms with Crippen molar-refractivity contribution in [3.63, 3.8) is 0 Å². The summed E-state index contributed by atoms with van der Waals surface area (Å²) in [5.74, 6) is 0. The molecule has 114 valence electrons. The third-order valence-electron chi connectivity index (χ3n) is 2.79. The van der Waals surface area contributed by atoms with Crippen LogP contribution in [0.5, 0.6) is 0 Å². The fourth-order valence-corrected chi connectivity index (χ4v) is 1.68. The van der Waals surface area contributed by atoms with Crippen LogP contribution in [-0.4, -0.2) is 36.7 Å². The lowest BCUT2D eigenvalue weighted by Gasteiger charge is -2.03. The zero-order chi connectivity index (χ0) is 15.8. The van der Waals surface area contributed by atoms with Gasteiger partial charge in [0, 0.05) is 24.3 Å². The molecular formula is C15H16N4O3. The van der Waals surface area contributed by atoms with Gasteiger partial charge in [0.15, 0.2) is 12.4 Å². The Morgan fingerprint density at radius 2 is 1.36 bits per heavy atom. The molecule has 0 aromatic carbocycles. The first-order chi connectivity index (χ1) is 10.7. The summed E-state index contributed by atoms with van der Waals surface area (Å²) in [6, 6.07) is 9.97. The van der Waals surface area contributed by atoms with E-state index < -0.39 is 6.10 Å². The fraction of sp³-hybridized carbons (Fsp3) is 0.200. The van der Waals surface area contributed by atoms with Gasteiger partial charge in [-0.05, 0) is 12.1 Å². The zero-order valence-electron chi connectivity index (χ0n) is 11.8. The molecule has 0 fully saturated rings. The molecule has 0 spiro atoms. The van der Waals surface area contributed by atoms with E-state index in [0.29, 0.717) is 20.8 Å². The molecule has 0 unspecified atom stereocenters. The topological polar surface area (TPSA) is 98.8 Å². The van der Waals surface area contributed by atoms with Crippen molar-refractivity contribution in [2.24, 2.45) is 9.98 Å². The Labute approximate surface area is 127 Å². The molecular weight excluding hydrogens is 284 g/mol. The Kier molecular flexibility index (Phi) is 5.56. The molecule has 2 heterocycles. The average molecular weight is 300 g/mol. The van der Waals surface area contributed by atoms with E-state index in [1.165, 1.54) is 24.8 Å². The van der Waals surface area contributed by atoms with Crippen LogP contribution in [0.25, 0.3) is 0 Å². The van der Waals surface area contributed by atoms with E-state index in [0.717, 1.165) is 0 Å². The zero-order valence-corrected chi connectivity index (χ0v) is 11.8. The van der Waals surface area contributed by atoms with Crippen LogP contribution in [-0.2, 0) is 0 Å². The summed E-state index contributed by atoms with van der Waals surface area (Å²) >= 11 is 0. The van der Waals surface area contributed by atoms with Crippen molar-refractivity contribution in [3.05, 3.63) is 70.6 Å². The number of aliphatic hydroxyl groups excluding tert-OH is 1. The van der Waals surface area contributed by atoms with Crippen LogP contribution in [0.2, 0.25) is 0 Å². The minimum Gasteiger partial charge on any atom is -0.618 e. The summed E-state index contributed by atoms with van der Waals surface area (Å²) in [4.78, 5) is 8.02. The van der Waals surface area contributed by atoms with E-state index >= 15 is 0 Å². The second-order valence-electron chi connectivity index (χ2n) is 4.54. The Hall–Kier alpha value is -2.80. The van der Waals surface area contributed by atoms with Gasteiger partial charge >= 0.3 is 0 Å².